The second-order valence-electron chi connectivity index (χ2n) is 7.88. The summed E-state index contributed by atoms with van der Waals surface area (Å²) < 4.78 is 12.9. The van der Waals surface area contributed by atoms with Crippen molar-refractivity contribution in [2.45, 2.75) is 31.6 Å². The number of aromatic nitrogens is 2. The minimum absolute atomic E-state index is 0.105. The predicted octanol–water partition coefficient (Wildman–Crippen LogP) is 3.00. The Bertz CT molecular complexity index is 1020. The molecular weight excluding hydrogens is 394 g/mol. The lowest BCUT2D eigenvalue weighted by Gasteiger charge is -2.20. The van der Waals surface area contributed by atoms with E-state index in [1.54, 1.807) is 13.3 Å². The monoisotopic (exact) mass is 423 g/mol. The first-order valence-corrected chi connectivity index (χ1v) is 10.7. The van der Waals surface area contributed by atoms with Gasteiger partial charge >= 0.3 is 0 Å². The molecule has 1 amide bonds. The Morgan fingerprint density at radius 2 is 2.13 bits per heavy atom. The SMILES string of the molecule is COCCCn1nccc1[C@H]1OCC[C@@H]1C(=O)NCC(O)c1ccc2ccccc2c1. The fourth-order valence-corrected chi connectivity index (χ4v) is 4.14. The summed E-state index contributed by atoms with van der Waals surface area (Å²) in [6.07, 6.45) is 2.12. The Hall–Kier alpha value is -2.74. The Morgan fingerprint density at radius 1 is 1.29 bits per heavy atom. The van der Waals surface area contributed by atoms with Crippen LogP contribution in [-0.4, -0.2) is 47.7 Å². The van der Waals surface area contributed by atoms with E-state index in [0.29, 0.717) is 26.2 Å². The number of nitrogens with zero attached hydrogens (tertiary/aromatic N) is 2. The van der Waals surface area contributed by atoms with E-state index in [1.807, 2.05) is 53.2 Å². The van der Waals surface area contributed by atoms with Crippen LogP contribution in [0.2, 0.25) is 0 Å². The van der Waals surface area contributed by atoms with Crippen molar-refractivity contribution in [3.8, 4) is 0 Å². The van der Waals surface area contributed by atoms with Gasteiger partial charge in [-0.1, -0.05) is 36.4 Å². The zero-order valence-corrected chi connectivity index (χ0v) is 17.7. The van der Waals surface area contributed by atoms with Crippen LogP contribution < -0.4 is 5.32 Å². The number of benzene rings is 2. The van der Waals surface area contributed by atoms with E-state index < -0.39 is 6.10 Å². The maximum Gasteiger partial charge on any atom is 0.226 e. The van der Waals surface area contributed by atoms with Crippen LogP contribution >= 0.6 is 0 Å². The lowest BCUT2D eigenvalue weighted by molar-refractivity contribution is -0.127. The van der Waals surface area contributed by atoms with Crippen molar-refractivity contribution >= 4 is 16.7 Å². The van der Waals surface area contributed by atoms with Crippen molar-refractivity contribution in [3.63, 3.8) is 0 Å². The predicted molar refractivity (Wildman–Crippen MR) is 117 cm³/mol. The Morgan fingerprint density at radius 3 is 2.97 bits per heavy atom. The van der Waals surface area contributed by atoms with Crippen LogP contribution in [0.1, 0.15) is 36.3 Å². The van der Waals surface area contributed by atoms with E-state index >= 15 is 0 Å². The van der Waals surface area contributed by atoms with Gasteiger partial charge < -0.3 is 19.9 Å². The number of fused-ring (bicyclic) bond motifs is 1. The lowest BCUT2D eigenvalue weighted by atomic mass is 9.97. The number of carbonyl (C=O) groups excluding carboxylic acids is 1. The number of carbonyl (C=O) groups is 1. The summed E-state index contributed by atoms with van der Waals surface area (Å²) >= 11 is 0. The highest BCUT2D eigenvalue weighted by Gasteiger charge is 2.37. The first-order valence-electron chi connectivity index (χ1n) is 10.7. The fourth-order valence-electron chi connectivity index (χ4n) is 4.14. The largest absolute Gasteiger partial charge is 0.387 e. The number of hydrogen-bond acceptors (Lipinski definition) is 5. The maximum absolute atomic E-state index is 12.9. The maximum atomic E-state index is 12.9. The highest BCUT2D eigenvalue weighted by molar-refractivity contribution is 5.83. The topological polar surface area (TPSA) is 85.6 Å². The molecule has 1 fully saturated rings. The smallest absolute Gasteiger partial charge is 0.226 e. The zero-order chi connectivity index (χ0) is 21.6. The number of nitrogens with one attached hydrogen (secondary N) is 1. The molecule has 0 radical (unpaired) electrons. The van der Waals surface area contributed by atoms with Gasteiger partial charge in [0.25, 0.3) is 0 Å². The quantitative estimate of drug-likeness (QED) is 0.517. The molecule has 0 aliphatic carbocycles. The van der Waals surface area contributed by atoms with Gasteiger partial charge in [-0.05, 0) is 41.3 Å². The summed E-state index contributed by atoms with van der Waals surface area (Å²) in [6, 6.07) is 15.8. The average molecular weight is 424 g/mol. The van der Waals surface area contributed by atoms with Crippen molar-refractivity contribution < 1.29 is 19.4 Å². The van der Waals surface area contributed by atoms with Crippen molar-refractivity contribution in [3.05, 3.63) is 66.0 Å². The summed E-state index contributed by atoms with van der Waals surface area (Å²) in [7, 11) is 1.68. The third kappa shape index (κ3) is 4.95. The van der Waals surface area contributed by atoms with Gasteiger partial charge in [0, 0.05) is 39.6 Å². The van der Waals surface area contributed by atoms with Crippen molar-refractivity contribution in [1.29, 1.82) is 0 Å². The van der Waals surface area contributed by atoms with Gasteiger partial charge in [0.15, 0.2) is 0 Å². The first-order chi connectivity index (χ1) is 15.2. The van der Waals surface area contributed by atoms with Gasteiger partial charge in [-0.25, -0.2) is 0 Å². The normalized spacial score (nSPS) is 19.5. The molecule has 2 aromatic carbocycles. The molecule has 7 nitrogen and oxygen atoms in total. The second kappa shape index (κ2) is 10.0. The number of rotatable bonds is 9. The number of ether oxygens (including phenoxy) is 2. The van der Waals surface area contributed by atoms with E-state index in [0.717, 1.165) is 28.5 Å². The molecule has 1 aliphatic heterocycles. The second-order valence-corrected chi connectivity index (χ2v) is 7.88. The summed E-state index contributed by atoms with van der Waals surface area (Å²) in [5.41, 5.74) is 1.69. The Labute approximate surface area is 182 Å². The third-order valence-electron chi connectivity index (χ3n) is 5.82. The van der Waals surface area contributed by atoms with E-state index in [1.165, 1.54) is 0 Å². The number of methoxy groups -OCH3 is 1. The molecule has 7 heteroatoms. The molecule has 164 valence electrons. The molecule has 1 aromatic heterocycles. The van der Waals surface area contributed by atoms with Gasteiger partial charge in [0.05, 0.1) is 17.7 Å². The molecule has 3 atom stereocenters. The van der Waals surface area contributed by atoms with E-state index in [2.05, 4.69) is 10.4 Å². The Balaban J connectivity index is 1.38. The van der Waals surface area contributed by atoms with Gasteiger partial charge in [0.2, 0.25) is 5.91 Å². The Kier molecular flexibility index (Phi) is 6.96. The number of aliphatic hydroxyl groups is 1. The molecule has 2 N–H and O–H groups in total. The molecule has 31 heavy (non-hydrogen) atoms. The summed E-state index contributed by atoms with van der Waals surface area (Å²) in [6.45, 7) is 2.05. The zero-order valence-electron chi connectivity index (χ0n) is 17.7. The minimum Gasteiger partial charge on any atom is -0.387 e. The van der Waals surface area contributed by atoms with E-state index in [-0.39, 0.29) is 24.5 Å². The molecule has 1 aliphatic rings. The van der Waals surface area contributed by atoms with Crippen LogP contribution in [0, 0.1) is 5.92 Å². The molecule has 1 unspecified atom stereocenters. The van der Waals surface area contributed by atoms with Crippen LogP contribution in [0.4, 0.5) is 0 Å². The van der Waals surface area contributed by atoms with E-state index in [4.69, 9.17) is 9.47 Å². The molecule has 0 bridgehead atoms. The molecular formula is C24H29N3O4. The average Bonchev–Trinajstić information content (AvgIpc) is 3.46. The van der Waals surface area contributed by atoms with Gasteiger partial charge in [-0.3, -0.25) is 9.48 Å². The molecule has 0 saturated carbocycles. The number of aliphatic hydroxyl groups excluding tert-OH is 1. The fraction of sp³-hybridized carbons (Fsp3) is 0.417. The lowest BCUT2D eigenvalue weighted by Crippen LogP contribution is -2.35. The first kappa shape index (κ1) is 21.5. The van der Waals surface area contributed by atoms with Crippen LogP contribution in [0.25, 0.3) is 10.8 Å². The molecule has 3 aromatic rings. The number of aryl methyl sites for hydroxylation is 1. The molecule has 1 saturated heterocycles. The minimum atomic E-state index is -0.770. The molecule has 2 heterocycles. The summed E-state index contributed by atoms with van der Waals surface area (Å²) in [4.78, 5) is 12.9. The summed E-state index contributed by atoms with van der Waals surface area (Å²) in [5.74, 6) is -0.409. The van der Waals surface area contributed by atoms with Crippen LogP contribution in [0.3, 0.4) is 0 Å². The highest BCUT2D eigenvalue weighted by Crippen LogP contribution is 2.34. The highest BCUT2D eigenvalue weighted by atomic mass is 16.5. The third-order valence-corrected chi connectivity index (χ3v) is 5.82. The number of amides is 1. The summed E-state index contributed by atoms with van der Waals surface area (Å²) in [5, 5.41) is 20.1. The van der Waals surface area contributed by atoms with E-state index in [9.17, 15) is 9.90 Å². The van der Waals surface area contributed by atoms with Gasteiger partial charge in [-0.15, -0.1) is 0 Å². The van der Waals surface area contributed by atoms with Gasteiger partial charge in [-0.2, -0.15) is 5.10 Å². The molecule has 0 spiro atoms. The van der Waals surface area contributed by atoms with Crippen LogP contribution in [0.15, 0.2) is 54.7 Å². The van der Waals surface area contributed by atoms with Gasteiger partial charge in [0.1, 0.15) is 6.10 Å². The van der Waals surface area contributed by atoms with Crippen molar-refractivity contribution in [2.24, 2.45) is 5.92 Å². The standard InChI is InChI=1S/C24H29N3O4/c1-30-13-4-12-27-21(9-11-26-27)23-20(10-14-31-23)24(29)25-16-22(28)19-8-7-17-5-2-3-6-18(17)15-19/h2-3,5-9,11,15,20,22-23,28H,4,10,12-14,16H2,1H3,(H,25,29)/t20-,22?,23-/m0/s1. The van der Waals surface area contributed by atoms with Crippen LogP contribution in [-0.2, 0) is 20.8 Å². The van der Waals surface area contributed by atoms with Crippen LogP contribution in [0.5, 0.6) is 0 Å². The molecule has 4 rings (SSSR count). The van der Waals surface area contributed by atoms with Crippen molar-refractivity contribution in [2.75, 3.05) is 26.9 Å². The van der Waals surface area contributed by atoms with Crippen molar-refractivity contribution in [1.82, 2.24) is 15.1 Å². The number of hydrogen-bond donors (Lipinski definition) is 2.